The number of halogens is 1. The molecule has 1 heterocycles. The molecule has 0 aliphatic carbocycles. The topological polar surface area (TPSA) is 35.2 Å². The summed E-state index contributed by atoms with van der Waals surface area (Å²) in [6.07, 6.45) is 0. The molecule has 1 aromatic heterocycles. The fourth-order valence-corrected chi connectivity index (χ4v) is 2.73. The highest BCUT2D eigenvalue weighted by Crippen LogP contribution is 2.39. The standard InChI is InChI=1S/C12H12ClNOS/c1-7-5-11(16-12(7)13)9-6-8(14)3-4-10(9)15-2/h3-6H,14H2,1-2H3. The first-order valence-electron chi connectivity index (χ1n) is 4.81. The number of aryl methyl sites for hydroxylation is 1. The van der Waals surface area contributed by atoms with Crippen LogP contribution >= 0.6 is 22.9 Å². The highest BCUT2D eigenvalue weighted by molar-refractivity contribution is 7.19. The SMILES string of the molecule is COc1ccc(N)cc1-c1cc(C)c(Cl)s1. The van der Waals surface area contributed by atoms with E-state index < -0.39 is 0 Å². The van der Waals surface area contributed by atoms with Crippen LogP contribution in [0.15, 0.2) is 24.3 Å². The molecule has 1 aromatic carbocycles. The zero-order chi connectivity index (χ0) is 11.7. The molecule has 0 atom stereocenters. The molecule has 0 spiro atoms. The summed E-state index contributed by atoms with van der Waals surface area (Å²) >= 11 is 7.60. The molecule has 2 aromatic rings. The van der Waals surface area contributed by atoms with E-state index in [9.17, 15) is 0 Å². The smallest absolute Gasteiger partial charge is 0.127 e. The number of methoxy groups -OCH3 is 1. The van der Waals surface area contributed by atoms with Crippen LogP contribution in [0.3, 0.4) is 0 Å². The van der Waals surface area contributed by atoms with Crippen molar-refractivity contribution in [1.82, 2.24) is 0 Å². The first-order valence-corrected chi connectivity index (χ1v) is 6.01. The van der Waals surface area contributed by atoms with Gasteiger partial charge in [-0.05, 0) is 36.8 Å². The summed E-state index contributed by atoms with van der Waals surface area (Å²) in [4.78, 5) is 1.08. The summed E-state index contributed by atoms with van der Waals surface area (Å²) in [6.45, 7) is 1.99. The first-order chi connectivity index (χ1) is 7.61. The van der Waals surface area contributed by atoms with Crippen molar-refractivity contribution in [2.75, 3.05) is 12.8 Å². The second-order valence-electron chi connectivity index (χ2n) is 3.53. The van der Waals surface area contributed by atoms with E-state index in [1.54, 1.807) is 7.11 Å². The molecule has 0 saturated heterocycles. The van der Waals surface area contributed by atoms with Gasteiger partial charge in [0, 0.05) is 16.1 Å². The van der Waals surface area contributed by atoms with Crippen molar-refractivity contribution in [3.05, 3.63) is 34.2 Å². The van der Waals surface area contributed by atoms with Crippen molar-refractivity contribution in [2.45, 2.75) is 6.92 Å². The monoisotopic (exact) mass is 253 g/mol. The van der Waals surface area contributed by atoms with Gasteiger partial charge in [0.15, 0.2) is 0 Å². The Morgan fingerprint density at radius 1 is 1.31 bits per heavy atom. The molecule has 2 rings (SSSR count). The van der Waals surface area contributed by atoms with Crippen LogP contribution in [0.25, 0.3) is 10.4 Å². The number of thiophene rings is 1. The maximum atomic E-state index is 6.06. The van der Waals surface area contributed by atoms with Gasteiger partial charge in [0.25, 0.3) is 0 Å². The number of anilines is 1. The van der Waals surface area contributed by atoms with E-state index in [-0.39, 0.29) is 0 Å². The molecule has 0 aliphatic rings. The lowest BCUT2D eigenvalue weighted by molar-refractivity contribution is 0.416. The predicted octanol–water partition coefficient (Wildman–Crippen LogP) is 3.97. The van der Waals surface area contributed by atoms with Gasteiger partial charge in [-0.1, -0.05) is 11.6 Å². The van der Waals surface area contributed by atoms with Gasteiger partial charge in [-0.3, -0.25) is 0 Å². The molecule has 0 amide bonds. The van der Waals surface area contributed by atoms with Crippen molar-refractivity contribution < 1.29 is 4.74 Å². The summed E-state index contributed by atoms with van der Waals surface area (Å²) in [5.74, 6) is 0.812. The quantitative estimate of drug-likeness (QED) is 0.822. The Labute approximate surface area is 104 Å². The van der Waals surface area contributed by atoms with Crippen LogP contribution in [-0.4, -0.2) is 7.11 Å². The molecule has 0 fully saturated rings. The number of ether oxygens (including phenoxy) is 1. The van der Waals surface area contributed by atoms with Crippen LogP contribution in [0.4, 0.5) is 5.69 Å². The van der Waals surface area contributed by atoms with E-state index in [4.69, 9.17) is 22.1 Å². The fourth-order valence-electron chi connectivity index (χ4n) is 1.51. The van der Waals surface area contributed by atoms with Crippen LogP contribution in [-0.2, 0) is 0 Å². The Morgan fingerprint density at radius 2 is 2.06 bits per heavy atom. The lowest BCUT2D eigenvalue weighted by atomic mass is 10.1. The Kier molecular flexibility index (Phi) is 3.08. The second kappa shape index (κ2) is 4.36. The average Bonchev–Trinajstić information content (AvgIpc) is 2.59. The average molecular weight is 254 g/mol. The minimum absolute atomic E-state index is 0.720. The number of benzene rings is 1. The normalized spacial score (nSPS) is 10.4. The molecule has 0 aliphatic heterocycles. The van der Waals surface area contributed by atoms with Gasteiger partial charge >= 0.3 is 0 Å². The van der Waals surface area contributed by atoms with E-state index in [2.05, 4.69) is 0 Å². The molecule has 0 radical (unpaired) electrons. The molecular formula is C12H12ClNOS. The lowest BCUT2D eigenvalue weighted by Gasteiger charge is -2.07. The Morgan fingerprint density at radius 3 is 2.62 bits per heavy atom. The number of nitrogen functional groups attached to an aromatic ring is 1. The van der Waals surface area contributed by atoms with Crippen LogP contribution in [0.5, 0.6) is 5.75 Å². The summed E-state index contributed by atoms with van der Waals surface area (Å²) in [5, 5.41) is 0. The van der Waals surface area contributed by atoms with E-state index >= 15 is 0 Å². The molecule has 0 unspecified atom stereocenters. The Hall–Kier alpha value is -1.19. The van der Waals surface area contributed by atoms with Gasteiger partial charge in [0.2, 0.25) is 0 Å². The van der Waals surface area contributed by atoms with E-state index in [1.807, 2.05) is 31.2 Å². The minimum Gasteiger partial charge on any atom is -0.496 e. The van der Waals surface area contributed by atoms with Crippen LogP contribution in [0.2, 0.25) is 4.34 Å². The highest BCUT2D eigenvalue weighted by atomic mass is 35.5. The van der Waals surface area contributed by atoms with Gasteiger partial charge in [0.1, 0.15) is 5.75 Å². The summed E-state index contributed by atoms with van der Waals surface area (Å²) in [7, 11) is 1.65. The minimum atomic E-state index is 0.720. The number of rotatable bonds is 2. The lowest BCUT2D eigenvalue weighted by Crippen LogP contribution is -1.89. The first kappa shape index (κ1) is 11.3. The Balaban J connectivity index is 2.57. The highest BCUT2D eigenvalue weighted by Gasteiger charge is 2.10. The maximum absolute atomic E-state index is 6.06. The summed E-state index contributed by atoms with van der Waals surface area (Å²) in [5.41, 5.74) is 8.56. The number of nitrogens with two attached hydrogens (primary N) is 1. The second-order valence-corrected chi connectivity index (χ2v) is 5.18. The number of hydrogen-bond donors (Lipinski definition) is 1. The summed E-state index contributed by atoms with van der Waals surface area (Å²) in [6, 6.07) is 7.64. The molecule has 16 heavy (non-hydrogen) atoms. The number of hydrogen-bond acceptors (Lipinski definition) is 3. The zero-order valence-corrected chi connectivity index (χ0v) is 10.7. The van der Waals surface area contributed by atoms with Crippen molar-refractivity contribution in [3.8, 4) is 16.2 Å². The zero-order valence-electron chi connectivity index (χ0n) is 9.08. The van der Waals surface area contributed by atoms with E-state index in [0.717, 1.165) is 31.8 Å². The van der Waals surface area contributed by atoms with Gasteiger partial charge in [-0.2, -0.15) is 0 Å². The van der Waals surface area contributed by atoms with Crippen molar-refractivity contribution in [1.29, 1.82) is 0 Å². The fraction of sp³-hybridized carbons (Fsp3) is 0.167. The summed E-state index contributed by atoms with van der Waals surface area (Å²) < 4.78 is 6.12. The molecular weight excluding hydrogens is 242 g/mol. The van der Waals surface area contributed by atoms with Gasteiger partial charge < -0.3 is 10.5 Å². The van der Waals surface area contributed by atoms with Gasteiger partial charge in [-0.25, -0.2) is 0 Å². The van der Waals surface area contributed by atoms with Gasteiger partial charge in [-0.15, -0.1) is 11.3 Å². The van der Waals surface area contributed by atoms with Crippen molar-refractivity contribution in [3.63, 3.8) is 0 Å². The van der Waals surface area contributed by atoms with Gasteiger partial charge in [0.05, 0.1) is 11.4 Å². The molecule has 0 bridgehead atoms. The van der Waals surface area contributed by atoms with Crippen molar-refractivity contribution >= 4 is 28.6 Å². The predicted molar refractivity (Wildman–Crippen MR) is 70.5 cm³/mol. The van der Waals surface area contributed by atoms with Crippen molar-refractivity contribution in [2.24, 2.45) is 0 Å². The van der Waals surface area contributed by atoms with Crippen LogP contribution in [0.1, 0.15) is 5.56 Å². The maximum Gasteiger partial charge on any atom is 0.127 e. The molecule has 84 valence electrons. The van der Waals surface area contributed by atoms with E-state index in [0.29, 0.717) is 0 Å². The Bertz CT molecular complexity index is 502. The largest absolute Gasteiger partial charge is 0.496 e. The third-order valence-electron chi connectivity index (χ3n) is 2.35. The molecule has 2 nitrogen and oxygen atoms in total. The van der Waals surface area contributed by atoms with Crippen LogP contribution in [0, 0.1) is 6.92 Å². The molecule has 4 heteroatoms. The molecule has 2 N–H and O–H groups in total. The third-order valence-corrected chi connectivity index (χ3v) is 3.93. The van der Waals surface area contributed by atoms with Crippen LogP contribution < -0.4 is 10.5 Å². The molecule has 0 saturated carbocycles. The van der Waals surface area contributed by atoms with E-state index in [1.165, 1.54) is 11.3 Å². The third kappa shape index (κ3) is 2.01.